The zero-order valence-corrected chi connectivity index (χ0v) is 11.0. The van der Waals surface area contributed by atoms with Gasteiger partial charge >= 0.3 is 5.97 Å². The fourth-order valence-corrected chi connectivity index (χ4v) is 2.56. The number of sulfone groups is 1. The van der Waals surface area contributed by atoms with E-state index in [4.69, 9.17) is 0 Å². The highest BCUT2D eigenvalue weighted by molar-refractivity contribution is 7.92. The van der Waals surface area contributed by atoms with Crippen LogP contribution in [0.2, 0.25) is 0 Å². The third-order valence-corrected chi connectivity index (χ3v) is 3.59. The van der Waals surface area contributed by atoms with Gasteiger partial charge in [-0.2, -0.15) is 0 Å². The Morgan fingerprint density at radius 1 is 1.38 bits per heavy atom. The summed E-state index contributed by atoms with van der Waals surface area (Å²) in [5.41, 5.74) is 0. The van der Waals surface area contributed by atoms with Crippen LogP contribution < -0.4 is 5.32 Å². The standard InChI is InChI=1S/C10H21NO4S/c1-4-11-9(3)6-7-16(13,14)8-10(12)15-5-2/h9,11H,4-8H2,1-3H3. The number of ether oxygens (including phenoxy) is 1. The van der Waals surface area contributed by atoms with Crippen LogP contribution in [0.15, 0.2) is 0 Å². The van der Waals surface area contributed by atoms with Crippen LogP contribution in [0.5, 0.6) is 0 Å². The van der Waals surface area contributed by atoms with E-state index in [2.05, 4.69) is 10.1 Å². The van der Waals surface area contributed by atoms with E-state index in [1.54, 1.807) is 6.92 Å². The number of carbonyl (C=O) groups excluding carboxylic acids is 1. The molecule has 5 nitrogen and oxygen atoms in total. The first-order chi connectivity index (χ1) is 7.41. The van der Waals surface area contributed by atoms with Crippen molar-refractivity contribution in [2.45, 2.75) is 33.2 Å². The van der Waals surface area contributed by atoms with Crippen LogP contribution in [0.25, 0.3) is 0 Å². The molecule has 0 saturated heterocycles. The summed E-state index contributed by atoms with van der Waals surface area (Å²) in [5, 5.41) is 3.12. The lowest BCUT2D eigenvalue weighted by Crippen LogP contribution is -2.29. The van der Waals surface area contributed by atoms with Crippen LogP contribution in [0, 0.1) is 0 Å². The molecule has 0 aromatic heterocycles. The van der Waals surface area contributed by atoms with E-state index in [-0.39, 0.29) is 18.4 Å². The summed E-state index contributed by atoms with van der Waals surface area (Å²) in [7, 11) is -3.33. The molecule has 96 valence electrons. The molecule has 0 radical (unpaired) electrons. The minimum atomic E-state index is -3.33. The Morgan fingerprint density at radius 3 is 2.50 bits per heavy atom. The fraction of sp³-hybridized carbons (Fsp3) is 0.900. The van der Waals surface area contributed by atoms with E-state index >= 15 is 0 Å². The van der Waals surface area contributed by atoms with Crippen molar-refractivity contribution in [2.24, 2.45) is 0 Å². The molecular weight excluding hydrogens is 230 g/mol. The Kier molecular flexibility index (Phi) is 7.33. The van der Waals surface area contributed by atoms with E-state index in [1.807, 2.05) is 13.8 Å². The summed E-state index contributed by atoms with van der Waals surface area (Å²) in [6.07, 6.45) is 0.510. The van der Waals surface area contributed by atoms with Gasteiger partial charge in [0.15, 0.2) is 9.84 Å². The molecule has 0 fully saturated rings. The molecule has 0 rings (SSSR count). The van der Waals surface area contributed by atoms with Crippen LogP contribution in [0.1, 0.15) is 27.2 Å². The van der Waals surface area contributed by atoms with Crippen molar-refractivity contribution in [1.82, 2.24) is 5.32 Å². The van der Waals surface area contributed by atoms with Crippen LogP contribution >= 0.6 is 0 Å². The van der Waals surface area contributed by atoms with Gasteiger partial charge < -0.3 is 10.1 Å². The maximum Gasteiger partial charge on any atom is 0.321 e. The second-order valence-corrected chi connectivity index (χ2v) is 5.83. The number of rotatable bonds is 8. The third-order valence-electron chi connectivity index (χ3n) is 2.06. The molecule has 1 N–H and O–H groups in total. The molecule has 0 aliphatic rings. The fourth-order valence-electron chi connectivity index (χ4n) is 1.26. The molecule has 0 heterocycles. The number of carbonyl (C=O) groups is 1. The first-order valence-corrected chi connectivity index (χ1v) is 7.32. The molecule has 6 heteroatoms. The smallest absolute Gasteiger partial charge is 0.321 e. The minimum Gasteiger partial charge on any atom is -0.465 e. The van der Waals surface area contributed by atoms with E-state index in [9.17, 15) is 13.2 Å². The van der Waals surface area contributed by atoms with Crippen molar-refractivity contribution < 1.29 is 17.9 Å². The van der Waals surface area contributed by atoms with Gasteiger partial charge in [0.1, 0.15) is 5.75 Å². The predicted molar refractivity (Wildman–Crippen MR) is 63.0 cm³/mol. The Balaban J connectivity index is 4.01. The lowest BCUT2D eigenvalue weighted by atomic mass is 10.3. The topological polar surface area (TPSA) is 72.5 Å². The van der Waals surface area contributed by atoms with Gasteiger partial charge in [-0.05, 0) is 26.8 Å². The van der Waals surface area contributed by atoms with Gasteiger partial charge in [-0.3, -0.25) is 4.79 Å². The van der Waals surface area contributed by atoms with E-state index in [0.717, 1.165) is 6.54 Å². The van der Waals surface area contributed by atoms with Crippen LogP contribution in [-0.4, -0.2) is 45.1 Å². The lowest BCUT2D eigenvalue weighted by Gasteiger charge is -2.11. The average Bonchev–Trinajstić information content (AvgIpc) is 2.15. The lowest BCUT2D eigenvalue weighted by molar-refractivity contribution is -0.139. The maximum atomic E-state index is 11.5. The third kappa shape index (κ3) is 7.64. The molecule has 0 saturated carbocycles. The molecule has 0 spiro atoms. The second kappa shape index (κ2) is 7.62. The Hall–Kier alpha value is -0.620. The van der Waals surface area contributed by atoms with Crippen molar-refractivity contribution in [1.29, 1.82) is 0 Å². The summed E-state index contributed by atoms with van der Waals surface area (Å²) < 4.78 is 27.6. The average molecular weight is 251 g/mol. The predicted octanol–water partition coefficient (Wildman–Crippen LogP) is 0.352. The van der Waals surface area contributed by atoms with Gasteiger partial charge in [-0.1, -0.05) is 6.92 Å². The first kappa shape index (κ1) is 15.4. The van der Waals surface area contributed by atoms with Gasteiger partial charge in [-0.15, -0.1) is 0 Å². The normalized spacial score (nSPS) is 13.4. The first-order valence-electron chi connectivity index (χ1n) is 5.50. The number of esters is 1. The van der Waals surface area contributed by atoms with Crippen molar-refractivity contribution in [3.8, 4) is 0 Å². The molecule has 0 amide bonds. The molecule has 0 bridgehead atoms. The summed E-state index contributed by atoms with van der Waals surface area (Å²) >= 11 is 0. The molecule has 0 aliphatic heterocycles. The van der Waals surface area contributed by atoms with Gasteiger partial charge in [0, 0.05) is 6.04 Å². The molecule has 0 aromatic rings. The van der Waals surface area contributed by atoms with E-state index in [1.165, 1.54) is 0 Å². The largest absolute Gasteiger partial charge is 0.465 e. The monoisotopic (exact) mass is 251 g/mol. The van der Waals surface area contributed by atoms with Crippen molar-refractivity contribution in [3.05, 3.63) is 0 Å². The summed E-state index contributed by atoms with van der Waals surface area (Å²) in [6, 6.07) is 0.141. The Bertz CT molecular complexity index is 300. The molecular formula is C10H21NO4S. The highest BCUT2D eigenvalue weighted by Crippen LogP contribution is 1.99. The van der Waals surface area contributed by atoms with Crippen molar-refractivity contribution in [3.63, 3.8) is 0 Å². The maximum absolute atomic E-state index is 11.5. The number of hydrogen-bond donors (Lipinski definition) is 1. The highest BCUT2D eigenvalue weighted by Gasteiger charge is 2.18. The molecule has 0 aromatic carbocycles. The van der Waals surface area contributed by atoms with Crippen LogP contribution in [0.4, 0.5) is 0 Å². The van der Waals surface area contributed by atoms with Crippen LogP contribution in [0.3, 0.4) is 0 Å². The zero-order valence-electron chi connectivity index (χ0n) is 10.2. The van der Waals surface area contributed by atoms with Gasteiger partial charge in [-0.25, -0.2) is 8.42 Å². The Labute approximate surface area is 97.5 Å². The highest BCUT2D eigenvalue weighted by atomic mass is 32.2. The van der Waals surface area contributed by atoms with Crippen molar-refractivity contribution >= 4 is 15.8 Å². The number of hydrogen-bond acceptors (Lipinski definition) is 5. The summed E-state index contributed by atoms with van der Waals surface area (Å²) in [6.45, 7) is 6.55. The van der Waals surface area contributed by atoms with E-state index in [0.29, 0.717) is 6.42 Å². The van der Waals surface area contributed by atoms with Gasteiger partial charge in [0.2, 0.25) is 0 Å². The van der Waals surface area contributed by atoms with E-state index < -0.39 is 21.6 Å². The number of nitrogens with one attached hydrogen (secondary N) is 1. The minimum absolute atomic E-state index is 0.0139. The SMILES string of the molecule is CCNC(C)CCS(=O)(=O)CC(=O)OCC. The molecule has 0 aliphatic carbocycles. The molecule has 16 heavy (non-hydrogen) atoms. The summed E-state index contributed by atoms with van der Waals surface area (Å²) in [5.74, 6) is -1.17. The molecule has 1 unspecified atom stereocenters. The summed E-state index contributed by atoms with van der Waals surface area (Å²) in [4.78, 5) is 11.0. The quantitative estimate of drug-likeness (QED) is 0.630. The zero-order chi connectivity index (χ0) is 12.6. The second-order valence-electron chi connectivity index (χ2n) is 3.64. The van der Waals surface area contributed by atoms with Gasteiger partial charge in [0.25, 0.3) is 0 Å². The molecule has 1 atom stereocenters. The van der Waals surface area contributed by atoms with Crippen molar-refractivity contribution in [2.75, 3.05) is 24.7 Å². The Morgan fingerprint density at radius 2 is 2.00 bits per heavy atom. The van der Waals surface area contributed by atoms with Crippen LogP contribution in [-0.2, 0) is 19.4 Å². The van der Waals surface area contributed by atoms with Gasteiger partial charge in [0.05, 0.1) is 12.4 Å².